The molecule has 0 bridgehead atoms. The average molecular weight is 298 g/mol. The maximum Gasteiger partial charge on any atom is 0.534 e. The Morgan fingerprint density at radius 2 is 1.95 bits per heavy atom. The Hall–Kier alpha value is -1.84. The number of nitrogens with zero attached hydrogens (tertiary/aromatic N) is 2. The van der Waals surface area contributed by atoms with Crippen LogP contribution in [0.5, 0.6) is 5.88 Å². The molecule has 0 fully saturated rings. The van der Waals surface area contributed by atoms with Crippen LogP contribution in [0.15, 0.2) is 18.3 Å². The summed E-state index contributed by atoms with van der Waals surface area (Å²) in [4.78, 5) is 16.0. The zero-order chi connectivity index (χ0) is 14.8. The summed E-state index contributed by atoms with van der Waals surface area (Å²) in [5.41, 5.74) is -5.98. The van der Waals surface area contributed by atoms with E-state index < -0.39 is 27.4 Å². The highest BCUT2D eigenvalue weighted by molar-refractivity contribution is 7.87. The van der Waals surface area contributed by atoms with E-state index in [1.807, 2.05) is 0 Å². The summed E-state index contributed by atoms with van der Waals surface area (Å²) in [5, 5.41) is 0. The summed E-state index contributed by atoms with van der Waals surface area (Å²) < 4.78 is 62.1. The van der Waals surface area contributed by atoms with Crippen molar-refractivity contribution in [3.8, 4) is 5.88 Å². The molecule has 6 nitrogen and oxygen atoms in total. The van der Waals surface area contributed by atoms with Crippen LogP contribution in [0.2, 0.25) is 0 Å². The number of amides is 1. The lowest BCUT2D eigenvalue weighted by Gasteiger charge is -2.14. The van der Waals surface area contributed by atoms with Gasteiger partial charge in [-0.2, -0.15) is 21.6 Å². The molecule has 0 atom stereocenters. The maximum absolute atomic E-state index is 12.2. The number of carbonyl (C=O) groups excluding carboxylic acids is 1. The molecule has 0 saturated heterocycles. The van der Waals surface area contributed by atoms with Gasteiger partial charge < -0.3 is 9.08 Å². The molecular weight excluding hydrogens is 289 g/mol. The Bertz CT molecular complexity index is 583. The first-order chi connectivity index (χ1) is 8.56. The fraction of sp³-hybridized carbons (Fsp3) is 0.333. The molecule has 0 spiro atoms. The van der Waals surface area contributed by atoms with Gasteiger partial charge in [0.05, 0.1) is 0 Å². The molecule has 0 aromatic carbocycles. The van der Waals surface area contributed by atoms with Crippen LogP contribution in [0.3, 0.4) is 0 Å². The highest BCUT2D eigenvalue weighted by atomic mass is 32.2. The molecule has 1 aromatic rings. The van der Waals surface area contributed by atoms with E-state index in [9.17, 15) is 26.4 Å². The summed E-state index contributed by atoms with van der Waals surface area (Å²) in [7, 11) is -3.18. The number of pyridine rings is 1. The van der Waals surface area contributed by atoms with Crippen molar-refractivity contribution in [1.82, 2.24) is 9.88 Å². The van der Waals surface area contributed by atoms with Gasteiger partial charge in [0.25, 0.3) is 5.91 Å². The van der Waals surface area contributed by atoms with Gasteiger partial charge in [-0.05, 0) is 12.1 Å². The lowest BCUT2D eigenvalue weighted by Crippen LogP contribution is -2.30. The zero-order valence-electron chi connectivity index (χ0n) is 9.80. The molecule has 0 aliphatic heterocycles. The number of hydrogen-bond acceptors (Lipinski definition) is 5. The summed E-state index contributed by atoms with van der Waals surface area (Å²) in [6.07, 6.45) is 1.01. The van der Waals surface area contributed by atoms with Gasteiger partial charge in [-0.15, -0.1) is 0 Å². The van der Waals surface area contributed by atoms with Crippen LogP contribution >= 0.6 is 0 Å². The van der Waals surface area contributed by atoms with Crippen molar-refractivity contribution >= 4 is 16.0 Å². The first kappa shape index (κ1) is 15.2. The maximum atomic E-state index is 12.2. The predicted octanol–water partition coefficient (Wildman–Crippen LogP) is 1.01. The highest BCUT2D eigenvalue weighted by Crippen LogP contribution is 2.27. The number of hydrogen-bond donors (Lipinski definition) is 0. The van der Waals surface area contributed by atoms with Crippen LogP contribution in [0.4, 0.5) is 13.2 Å². The van der Waals surface area contributed by atoms with Crippen LogP contribution in [0.25, 0.3) is 0 Å². The third-order valence-corrected chi connectivity index (χ3v) is 2.82. The standard InChI is InChI=1S/C9H9F3N2O4S/c1-14(2)8(15)6-4-3-5-13-7(6)18-19(16,17)9(10,11)12/h3-5H,1-2H3. The van der Waals surface area contributed by atoms with E-state index >= 15 is 0 Å². The topological polar surface area (TPSA) is 76.6 Å². The Kier molecular flexibility index (Phi) is 4.03. The van der Waals surface area contributed by atoms with Gasteiger partial charge in [0.1, 0.15) is 5.56 Å². The van der Waals surface area contributed by atoms with Crippen molar-refractivity contribution in [1.29, 1.82) is 0 Å². The first-order valence-electron chi connectivity index (χ1n) is 4.73. The summed E-state index contributed by atoms with van der Waals surface area (Å²) in [6, 6.07) is 2.38. The highest BCUT2D eigenvalue weighted by Gasteiger charge is 2.49. The quantitative estimate of drug-likeness (QED) is 0.615. The van der Waals surface area contributed by atoms with Gasteiger partial charge in [0, 0.05) is 20.3 Å². The summed E-state index contributed by atoms with van der Waals surface area (Å²) >= 11 is 0. The lowest BCUT2D eigenvalue weighted by molar-refractivity contribution is -0.0501. The Morgan fingerprint density at radius 1 is 1.37 bits per heavy atom. The van der Waals surface area contributed by atoms with Gasteiger partial charge in [-0.3, -0.25) is 4.79 Å². The minimum Gasteiger partial charge on any atom is -0.354 e. The number of halogens is 3. The van der Waals surface area contributed by atoms with E-state index in [2.05, 4.69) is 9.17 Å². The van der Waals surface area contributed by atoms with Crippen molar-refractivity contribution in [2.24, 2.45) is 0 Å². The molecule has 0 radical (unpaired) electrons. The first-order valence-corrected chi connectivity index (χ1v) is 6.14. The second kappa shape index (κ2) is 5.03. The van der Waals surface area contributed by atoms with Crippen LogP contribution in [0, 0.1) is 0 Å². The monoisotopic (exact) mass is 298 g/mol. The predicted molar refractivity (Wildman–Crippen MR) is 57.9 cm³/mol. The van der Waals surface area contributed by atoms with E-state index in [1.54, 1.807) is 0 Å². The van der Waals surface area contributed by atoms with Crippen LogP contribution in [0.1, 0.15) is 10.4 Å². The van der Waals surface area contributed by atoms with Crippen molar-refractivity contribution < 1.29 is 30.6 Å². The van der Waals surface area contributed by atoms with Gasteiger partial charge >= 0.3 is 15.6 Å². The second-order valence-electron chi connectivity index (χ2n) is 3.54. The molecule has 1 amide bonds. The molecule has 0 saturated carbocycles. The molecular formula is C9H9F3N2O4S. The second-order valence-corrected chi connectivity index (χ2v) is 5.08. The Morgan fingerprint density at radius 3 is 2.42 bits per heavy atom. The minimum atomic E-state index is -5.87. The summed E-state index contributed by atoms with van der Waals surface area (Å²) in [5.74, 6) is -1.65. The molecule has 1 rings (SSSR count). The van der Waals surface area contributed by atoms with Gasteiger partial charge in [0.2, 0.25) is 5.88 Å². The lowest BCUT2D eigenvalue weighted by atomic mass is 10.2. The zero-order valence-corrected chi connectivity index (χ0v) is 10.6. The third-order valence-electron chi connectivity index (χ3n) is 1.88. The van der Waals surface area contributed by atoms with Gasteiger partial charge in [-0.25, -0.2) is 4.98 Å². The normalized spacial score (nSPS) is 12.1. The fourth-order valence-electron chi connectivity index (χ4n) is 1.01. The molecule has 19 heavy (non-hydrogen) atoms. The molecule has 10 heteroatoms. The molecule has 1 heterocycles. The van der Waals surface area contributed by atoms with E-state index in [4.69, 9.17) is 0 Å². The largest absolute Gasteiger partial charge is 0.534 e. The minimum absolute atomic E-state index is 0.389. The van der Waals surface area contributed by atoms with E-state index in [1.165, 1.54) is 20.2 Å². The third kappa shape index (κ3) is 3.34. The van der Waals surface area contributed by atoms with Crippen LogP contribution < -0.4 is 4.18 Å². The molecule has 0 N–H and O–H groups in total. The summed E-state index contributed by atoms with van der Waals surface area (Å²) in [6.45, 7) is 0. The molecule has 0 aliphatic rings. The van der Waals surface area contributed by atoms with Gasteiger partial charge in [0.15, 0.2) is 0 Å². The number of alkyl halides is 3. The van der Waals surface area contributed by atoms with Gasteiger partial charge in [-0.1, -0.05) is 0 Å². The van der Waals surface area contributed by atoms with E-state index in [-0.39, 0.29) is 5.56 Å². The average Bonchev–Trinajstić information content (AvgIpc) is 2.26. The van der Waals surface area contributed by atoms with E-state index in [0.29, 0.717) is 0 Å². The number of rotatable bonds is 3. The van der Waals surface area contributed by atoms with Crippen molar-refractivity contribution in [2.75, 3.05) is 14.1 Å². The van der Waals surface area contributed by atoms with Crippen molar-refractivity contribution in [2.45, 2.75) is 5.51 Å². The Labute approximate surface area is 106 Å². The molecule has 0 aliphatic carbocycles. The molecule has 106 valence electrons. The SMILES string of the molecule is CN(C)C(=O)c1cccnc1OS(=O)(=O)C(F)(F)F. The molecule has 1 aromatic heterocycles. The fourth-order valence-corrected chi connectivity index (χ4v) is 1.45. The Balaban J connectivity index is 3.21. The number of aromatic nitrogens is 1. The van der Waals surface area contributed by atoms with Crippen molar-refractivity contribution in [3.63, 3.8) is 0 Å². The number of carbonyl (C=O) groups is 1. The smallest absolute Gasteiger partial charge is 0.354 e. The van der Waals surface area contributed by atoms with Crippen molar-refractivity contribution in [3.05, 3.63) is 23.9 Å². The van der Waals surface area contributed by atoms with Crippen LogP contribution in [-0.2, 0) is 10.1 Å². The molecule has 0 unspecified atom stereocenters. The van der Waals surface area contributed by atoms with E-state index in [0.717, 1.165) is 17.2 Å². The van der Waals surface area contributed by atoms with Crippen LogP contribution in [-0.4, -0.2) is 43.8 Å².